The Labute approximate surface area is 109 Å². The van der Waals surface area contributed by atoms with Gasteiger partial charge in [-0.2, -0.15) is 0 Å². The third-order valence-electron chi connectivity index (χ3n) is 3.91. The minimum Gasteiger partial charge on any atom is -0.370 e. The first-order valence-electron chi connectivity index (χ1n) is 6.97. The molecule has 96 valence electrons. The third-order valence-corrected chi connectivity index (χ3v) is 3.91. The van der Waals surface area contributed by atoms with Gasteiger partial charge in [-0.15, -0.1) is 0 Å². The fraction of sp³-hybridized carbons (Fsp3) is 0.533. The molecule has 0 aliphatic carbocycles. The molecule has 0 amide bonds. The van der Waals surface area contributed by atoms with Crippen LogP contribution in [0.2, 0.25) is 0 Å². The molecular formula is C15H21N3. The first-order valence-corrected chi connectivity index (χ1v) is 6.97. The maximum atomic E-state index is 4.88. The Balaban J connectivity index is 1.91. The second-order valence-electron chi connectivity index (χ2n) is 5.24. The lowest BCUT2D eigenvalue weighted by Crippen LogP contribution is -2.20. The number of likely N-dealkylation sites (tertiary alicyclic amines) is 1. The van der Waals surface area contributed by atoms with Crippen molar-refractivity contribution in [2.45, 2.75) is 25.7 Å². The number of nitrogens with zero attached hydrogens (tertiary/aromatic N) is 3. The van der Waals surface area contributed by atoms with Gasteiger partial charge >= 0.3 is 0 Å². The number of aliphatic imine (C=N–C) groups is 1. The summed E-state index contributed by atoms with van der Waals surface area (Å²) in [6, 6.07) is 8.57. The maximum absolute atomic E-state index is 4.88. The van der Waals surface area contributed by atoms with Crippen molar-refractivity contribution in [2.24, 2.45) is 4.99 Å². The number of benzene rings is 1. The highest BCUT2D eigenvalue weighted by Crippen LogP contribution is 2.31. The molecular weight excluding hydrogens is 222 g/mol. The average molecular weight is 243 g/mol. The summed E-state index contributed by atoms with van der Waals surface area (Å²) in [4.78, 5) is 9.63. The van der Waals surface area contributed by atoms with Crippen LogP contribution in [0.3, 0.4) is 0 Å². The Morgan fingerprint density at radius 2 is 1.78 bits per heavy atom. The van der Waals surface area contributed by atoms with Crippen LogP contribution in [0.1, 0.15) is 25.7 Å². The molecule has 0 N–H and O–H groups in total. The van der Waals surface area contributed by atoms with Gasteiger partial charge in [-0.3, -0.25) is 0 Å². The molecule has 0 radical (unpaired) electrons. The molecule has 2 heterocycles. The van der Waals surface area contributed by atoms with Gasteiger partial charge in [0, 0.05) is 33.1 Å². The van der Waals surface area contributed by atoms with Gasteiger partial charge in [-0.25, -0.2) is 4.99 Å². The summed E-state index contributed by atoms with van der Waals surface area (Å²) >= 11 is 0. The molecule has 18 heavy (non-hydrogen) atoms. The number of anilines is 1. The first-order chi connectivity index (χ1) is 8.84. The summed E-state index contributed by atoms with van der Waals surface area (Å²) in [5, 5.41) is 0. The minimum atomic E-state index is 1.12. The van der Waals surface area contributed by atoms with Crippen molar-refractivity contribution in [2.75, 3.05) is 31.6 Å². The largest absolute Gasteiger partial charge is 0.370 e. The normalized spacial score (nSPS) is 22.2. The molecule has 3 nitrogen and oxygen atoms in total. The molecule has 0 bridgehead atoms. The predicted octanol–water partition coefficient (Wildman–Crippen LogP) is 3.04. The zero-order valence-electron chi connectivity index (χ0n) is 11.1. The Kier molecular flexibility index (Phi) is 3.22. The van der Waals surface area contributed by atoms with E-state index < -0.39 is 0 Å². The lowest BCUT2D eigenvalue weighted by atomic mass is 10.2. The molecule has 2 aliphatic heterocycles. The highest BCUT2D eigenvalue weighted by Gasteiger charge is 2.18. The molecule has 2 fully saturated rings. The van der Waals surface area contributed by atoms with Crippen LogP contribution in [0.15, 0.2) is 29.3 Å². The summed E-state index contributed by atoms with van der Waals surface area (Å²) in [6.45, 7) is 3.50. The van der Waals surface area contributed by atoms with Crippen molar-refractivity contribution >= 4 is 17.2 Å². The summed E-state index contributed by atoms with van der Waals surface area (Å²) in [5.74, 6) is 1.24. The van der Waals surface area contributed by atoms with E-state index in [-0.39, 0.29) is 0 Å². The van der Waals surface area contributed by atoms with E-state index in [1.807, 2.05) is 0 Å². The molecule has 0 atom stereocenters. The van der Waals surface area contributed by atoms with Gasteiger partial charge in [-0.05, 0) is 31.4 Å². The van der Waals surface area contributed by atoms with Crippen molar-refractivity contribution in [1.29, 1.82) is 0 Å². The minimum absolute atomic E-state index is 1.12. The fourth-order valence-electron chi connectivity index (χ4n) is 2.86. The molecule has 2 aliphatic rings. The summed E-state index contributed by atoms with van der Waals surface area (Å²) < 4.78 is 0. The van der Waals surface area contributed by atoms with Gasteiger partial charge in [0.15, 0.2) is 0 Å². The van der Waals surface area contributed by atoms with Crippen LogP contribution in [-0.2, 0) is 0 Å². The first kappa shape index (κ1) is 11.6. The van der Waals surface area contributed by atoms with E-state index in [2.05, 4.69) is 41.1 Å². The van der Waals surface area contributed by atoms with E-state index in [0.717, 1.165) is 18.7 Å². The summed E-state index contributed by atoms with van der Waals surface area (Å²) in [5.41, 5.74) is 2.45. The van der Waals surface area contributed by atoms with Crippen LogP contribution in [0, 0.1) is 0 Å². The molecule has 0 spiro atoms. The van der Waals surface area contributed by atoms with Gasteiger partial charge in [0.2, 0.25) is 0 Å². The fourth-order valence-corrected chi connectivity index (χ4v) is 2.86. The third kappa shape index (κ3) is 2.22. The molecule has 1 aromatic rings. The average Bonchev–Trinajstić information content (AvgIpc) is 3.03. The summed E-state index contributed by atoms with van der Waals surface area (Å²) in [7, 11) is 2.14. The topological polar surface area (TPSA) is 18.8 Å². The molecule has 1 aromatic carbocycles. The number of amidine groups is 1. The number of rotatable bonds is 2. The van der Waals surface area contributed by atoms with Crippen molar-refractivity contribution in [3.8, 4) is 0 Å². The number of hydrogen-bond acceptors (Lipinski definition) is 2. The Morgan fingerprint density at radius 3 is 2.50 bits per heavy atom. The van der Waals surface area contributed by atoms with Gasteiger partial charge in [0.1, 0.15) is 5.84 Å². The molecule has 0 saturated carbocycles. The van der Waals surface area contributed by atoms with Crippen molar-refractivity contribution in [1.82, 2.24) is 4.90 Å². The van der Waals surface area contributed by atoms with Crippen LogP contribution < -0.4 is 4.90 Å². The highest BCUT2D eigenvalue weighted by atomic mass is 15.2. The zero-order chi connectivity index (χ0) is 12.4. The lowest BCUT2D eigenvalue weighted by Gasteiger charge is -2.20. The van der Waals surface area contributed by atoms with Crippen molar-refractivity contribution in [3.05, 3.63) is 24.3 Å². The van der Waals surface area contributed by atoms with Gasteiger partial charge in [-0.1, -0.05) is 12.1 Å². The van der Waals surface area contributed by atoms with Crippen molar-refractivity contribution < 1.29 is 0 Å². The van der Waals surface area contributed by atoms with Crippen LogP contribution >= 0.6 is 0 Å². The van der Waals surface area contributed by atoms with E-state index >= 15 is 0 Å². The zero-order valence-corrected chi connectivity index (χ0v) is 11.1. The second-order valence-corrected chi connectivity index (χ2v) is 5.24. The second kappa shape index (κ2) is 5.01. The number of para-hydroxylation sites is 2. The maximum Gasteiger partial charge on any atom is 0.105 e. The predicted molar refractivity (Wildman–Crippen MR) is 76.8 cm³/mol. The molecule has 3 rings (SSSR count). The van der Waals surface area contributed by atoms with Crippen LogP contribution in [0.25, 0.3) is 0 Å². The highest BCUT2D eigenvalue weighted by molar-refractivity contribution is 5.88. The monoisotopic (exact) mass is 243 g/mol. The number of hydrogen-bond donors (Lipinski definition) is 0. The van der Waals surface area contributed by atoms with E-state index in [4.69, 9.17) is 4.99 Å². The molecule has 2 saturated heterocycles. The Morgan fingerprint density at radius 1 is 1.00 bits per heavy atom. The SMILES string of the molecule is CN1CCCC1=Nc1ccccc1N1CCCC1. The Bertz CT molecular complexity index is 447. The lowest BCUT2D eigenvalue weighted by molar-refractivity contribution is 0.550. The van der Waals surface area contributed by atoms with E-state index in [1.165, 1.54) is 43.9 Å². The van der Waals surface area contributed by atoms with E-state index in [1.54, 1.807) is 0 Å². The van der Waals surface area contributed by atoms with E-state index in [9.17, 15) is 0 Å². The molecule has 0 unspecified atom stereocenters. The Hall–Kier alpha value is -1.51. The van der Waals surface area contributed by atoms with Gasteiger partial charge in [0.25, 0.3) is 0 Å². The van der Waals surface area contributed by atoms with Crippen molar-refractivity contribution in [3.63, 3.8) is 0 Å². The van der Waals surface area contributed by atoms with Crippen LogP contribution in [-0.4, -0.2) is 37.4 Å². The summed E-state index contributed by atoms with van der Waals surface area (Å²) in [6.07, 6.45) is 4.97. The van der Waals surface area contributed by atoms with Gasteiger partial charge in [0.05, 0.1) is 11.4 Å². The van der Waals surface area contributed by atoms with Crippen LogP contribution in [0.4, 0.5) is 11.4 Å². The molecule has 0 aromatic heterocycles. The standard InChI is InChI=1S/C15H21N3/c1-17-10-6-9-15(17)16-13-7-2-3-8-14(13)18-11-4-5-12-18/h2-3,7-8H,4-6,9-12H2,1H3. The molecule has 3 heteroatoms. The smallest absolute Gasteiger partial charge is 0.105 e. The quantitative estimate of drug-likeness (QED) is 0.795. The van der Waals surface area contributed by atoms with Gasteiger partial charge < -0.3 is 9.80 Å². The van der Waals surface area contributed by atoms with E-state index in [0.29, 0.717) is 0 Å². The van der Waals surface area contributed by atoms with Crippen LogP contribution in [0.5, 0.6) is 0 Å².